The second-order valence-corrected chi connectivity index (χ2v) is 5.69. The maximum atomic E-state index is 12.0. The molecule has 6 nitrogen and oxygen atoms in total. The molecule has 0 radical (unpaired) electrons. The maximum absolute atomic E-state index is 12.0. The number of benzene rings is 2. The smallest absolute Gasteiger partial charge is 0.347 e. The highest BCUT2D eigenvalue weighted by molar-refractivity contribution is 6.12. The molecule has 0 fully saturated rings. The summed E-state index contributed by atoms with van der Waals surface area (Å²) >= 11 is 0. The summed E-state index contributed by atoms with van der Waals surface area (Å²) in [7, 11) is 0. The molecule has 1 aliphatic rings. The van der Waals surface area contributed by atoms with Gasteiger partial charge in [0, 0.05) is 33.8 Å². The normalized spacial score (nSPS) is 16.1. The first-order chi connectivity index (χ1) is 11.6. The van der Waals surface area contributed by atoms with Crippen molar-refractivity contribution in [3.8, 4) is 5.75 Å². The Labute approximate surface area is 137 Å². The van der Waals surface area contributed by atoms with Crippen LogP contribution in [0.4, 0.5) is 0 Å². The number of nitrogens with one attached hydrogen (secondary N) is 1. The summed E-state index contributed by atoms with van der Waals surface area (Å²) in [5.41, 5.74) is 2.42. The van der Waals surface area contributed by atoms with Crippen LogP contribution in [0.25, 0.3) is 21.8 Å². The van der Waals surface area contributed by atoms with Crippen LogP contribution in [-0.4, -0.2) is 34.7 Å². The summed E-state index contributed by atoms with van der Waals surface area (Å²) in [5, 5.41) is 11.4. The van der Waals surface area contributed by atoms with Crippen LogP contribution in [0.1, 0.15) is 22.8 Å². The molecule has 3 aromatic rings. The Morgan fingerprint density at radius 3 is 2.88 bits per heavy atom. The largest absolute Gasteiger partial charge is 0.478 e. The highest BCUT2D eigenvalue weighted by Crippen LogP contribution is 2.41. The van der Waals surface area contributed by atoms with Gasteiger partial charge in [-0.2, -0.15) is 0 Å². The van der Waals surface area contributed by atoms with Gasteiger partial charge in [-0.3, -0.25) is 0 Å². The molecule has 1 atom stereocenters. The summed E-state index contributed by atoms with van der Waals surface area (Å²) in [4.78, 5) is 26.9. The van der Waals surface area contributed by atoms with Crippen molar-refractivity contribution in [2.24, 2.45) is 0 Å². The maximum Gasteiger partial charge on any atom is 0.347 e. The second-order valence-electron chi connectivity index (χ2n) is 5.69. The molecule has 24 heavy (non-hydrogen) atoms. The number of hydrogen-bond donors (Lipinski definition) is 2. The third kappa shape index (κ3) is 2.03. The number of ether oxygens (including phenoxy) is 2. The van der Waals surface area contributed by atoms with E-state index < -0.39 is 18.0 Å². The van der Waals surface area contributed by atoms with Gasteiger partial charge in [0.15, 0.2) is 6.10 Å². The first kappa shape index (κ1) is 14.6. The SMILES string of the molecule is CCOC(=O)C1Cc2c(c(C(=O)O)cc3[nH]c4ccccc4c23)O1. The van der Waals surface area contributed by atoms with Crippen molar-refractivity contribution in [1.29, 1.82) is 0 Å². The lowest BCUT2D eigenvalue weighted by Crippen LogP contribution is -2.27. The number of hydrogen-bond acceptors (Lipinski definition) is 4. The fourth-order valence-electron chi connectivity index (χ4n) is 3.31. The van der Waals surface area contributed by atoms with Crippen LogP contribution < -0.4 is 4.74 Å². The van der Waals surface area contributed by atoms with Crippen LogP contribution in [-0.2, 0) is 16.0 Å². The number of carboxylic acids is 1. The average Bonchev–Trinajstić information content (AvgIpc) is 3.14. The number of carbonyl (C=O) groups excluding carboxylic acids is 1. The first-order valence-electron chi connectivity index (χ1n) is 7.73. The fourth-order valence-corrected chi connectivity index (χ4v) is 3.31. The van der Waals surface area contributed by atoms with E-state index >= 15 is 0 Å². The number of aromatic amines is 1. The summed E-state index contributed by atoms with van der Waals surface area (Å²) in [5.74, 6) is -1.30. The van der Waals surface area contributed by atoms with Crippen molar-refractivity contribution in [1.82, 2.24) is 4.98 Å². The van der Waals surface area contributed by atoms with Crippen LogP contribution in [0, 0.1) is 0 Å². The molecular formula is C18H15NO5. The van der Waals surface area contributed by atoms with Gasteiger partial charge in [-0.05, 0) is 19.1 Å². The molecule has 2 aromatic carbocycles. The average molecular weight is 325 g/mol. The highest BCUT2D eigenvalue weighted by Gasteiger charge is 2.35. The number of rotatable bonds is 3. The van der Waals surface area contributed by atoms with Crippen molar-refractivity contribution >= 4 is 33.7 Å². The van der Waals surface area contributed by atoms with Gasteiger partial charge in [-0.25, -0.2) is 9.59 Å². The summed E-state index contributed by atoms with van der Waals surface area (Å²) < 4.78 is 10.7. The van der Waals surface area contributed by atoms with Gasteiger partial charge < -0.3 is 19.6 Å². The number of aromatic nitrogens is 1. The molecule has 0 spiro atoms. The van der Waals surface area contributed by atoms with E-state index in [4.69, 9.17) is 9.47 Å². The van der Waals surface area contributed by atoms with Crippen LogP contribution in [0.3, 0.4) is 0 Å². The Balaban J connectivity index is 1.96. The molecule has 4 rings (SSSR count). The highest BCUT2D eigenvalue weighted by atomic mass is 16.6. The van der Waals surface area contributed by atoms with Crippen molar-refractivity contribution < 1.29 is 24.2 Å². The van der Waals surface area contributed by atoms with E-state index in [1.54, 1.807) is 13.0 Å². The summed E-state index contributed by atoms with van der Waals surface area (Å²) in [6.07, 6.45) is -0.509. The van der Waals surface area contributed by atoms with Crippen molar-refractivity contribution in [3.05, 3.63) is 41.5 Å². The fraction of sp³-hybridized carbons (Fsp3) is 0.222. The molecule has 2 N–H and O–H groups in total. The Bertz CT molecular complexity index is 988. The van der Waals surface area contributed by atoms with Crippen LogP contribution in [0.2, 0.25) is 0 Å². The molecule has 2 heterocycles. The molecular weight excluding hydrogens is 310 g/mol. The Morgan fingerprint density at radius 1 is 1.33 bits per heavy atom. The Kier molecular flexibility index (Phi) is 3.19. The zero-order chi connectivity index (χ0) is 16.8. The topological polar surface area (TPSA) is 88.6 Å². The monoisotopic (exact) mass is 325 g/mol. The van der Waals surface area contributed by atoms with E-state index in [-0.39, 0.29) is 17.9 Å². The lowest BCUT2D eigenvalue weighted by atomic mass is 9.99. The lowest BCUT2D eigenvalue weighted by molar-refractivity contribution is -0.150. The quantitative estimate of drug-likeness (QED) is 0.723. The van der Waals surface area contributed by atoms with Gasteiger partial charge in [-0.15, -0.1) is 0 Å². The number of aromatic carboxylic acids is 1. The second kappa shape index (κ2) is 5.26. The van der Waals surface area contributed by atoms with Gasteiger partial charge in [0.25, 0.3) is 0 Å². The third-order valence-corrected chi connectivity index (χ3v) is 4.27. The Morgan fingerprint density at radius 2 is 2.12 bits per heavy atom. The van der Waals surface area contributed by atoms with Crippen molar-refractivity contribution in [3.63, 3.8) is 0 Å². The third-order valence-electron chi connectivity index (χ3n) is 4.27. The number of H-pyrrole nitrogens is 1. The van der Waals surface area contributed by atoms with Gasteiger partial charge in [-0.1, -0.05) is 18.2 Å². The molecule has 0 aliphatic carbocycles. The predicted molar refractivity (Wildman–Crippen MR) is 87.5 cm³/mol. The molecule has 122 valence electrons. The minimum atomic E-state index is -1.09. The molecule has 0 saturated heterocycles. The van der Waals surface area contributed by atoms with E-state index in [0.29, 0.717) is 6.42 Å². The molecule has 1 aromatic heterocycles. The first-order valence-corrected chi connectivity index (χ1v) is 7.73. The van der Waals surface area contributed by atoms with E-state index in [0.717, 1.165) is 27.4 Å². The van der Waals surface area contributed by atoms with E-state index in [1.807, 2.05) is 24.3 Å². The molecule has 0 amide bonds. The van der Waals surface area contributed by atoms with E-state index in [2.05, 4.69) is 4.98 Å². The minimum absolute atomic E-state index is 0.0517. The number of carbonyl (C=O) groups is 2. The van der Waals surface area contributed by atoms with Crippen LogP contribution in [0.5, 0.6) is 5.75 Å². The number of para-hydroxylation sites is 1. The molecule has 1 aliphatic heterocycles. The standard InChI is InChI=1S/C18H15NO5/c1-2-23-18(22)14-8-10-15-9-5-3-4-6-12(9)19-13(15)7-11(17(20)21)16(10)24-14/h3-7,14,19H,2,8H2,1H3,(H,20,21). The minimum Gasteiger partial charge on any atom is -0.478 e. The molecule has 6 heteroatoms. The van der Waals surface area contributed by atoms with Gasteiger partial charge in [0.05, 0.1) is 6.61 Å². The molecule has 1 unspecified atom stereocenters. The number of fused-ring (bicyclic) bond motifs is 5. The zero-order valence-electron chi connectivity index (χ0n) is 13.0. The Hall–Kier alpha value is -3.02. The van der Waals surface area contributed by atoms with Gasteiger partial charge >= 0.3 is 11.9 Å². The lowest BCUT2D eigenvalue weighted by Gasteiger charge is -2.10. The molecule has 0 bridgehead atoms. The number of esters is 1. The number of carboxylic acid groups (broad SMARTS) is 1. The van der Waals surface area contributed by atoms with Crippen molar-refractivity contribution in [2.45, 2.75) is 19.4 Å². The van der Waals surface area contributed by atoms with Crippen LogP contribution in [0.15, 0.2) is 30.3 Å². The van der Waals surface area contributed by atoms with Gasteiger partial charge in [0.2, 0.25) is 0 Å². The van der Waals surface area contributed by atoms with E-state index in [9.17, 15) is 14.7 Å². The van der Waals surface area contributed by atoms with E-state index in [1.165, 1.54) is 0 Å². The summed E-state index contributed by atoms with van der Waals surface area (Å²) in [6, 6.07) is 9.29. The molecule has 0 saturated carbocycles. The van der Waals surface area contributed by atoms with Gasteiger partial charge in [0.1, 0.15) is 11.3 Å². The zero-order valence-corrected chi connectivity index (χ0v) is 13.0. The van der Waals surface area contributed by atoms with Crippen LogP contribution >= 0.6 is 0 Å². The van der Waals surface area contributed by atoms with Crippen molar-refractivity contribution in [2.75, 3.05) is 6.61 Å². The summed E-state index contributed by atoms with van der Waals surface area (Å²) in [6.45, 7) is 1.98. The predicted octanol–water partition coefficient (Wildman–Crippen LogP) is 2.89.